The van der Waals surface area contributed by atoms with Crippen molar-refractivity contribution in [1.82, 2.24) is 0 Å². The maximum Gasteiger partial charge on any atom is 0.353 e. The van der Waals surface area contributed by atoms with E-state index in [-0.39, 0.29) is 6.42 Å². The highest BCUT2D eigenvalue weighted by atomic mass is 16.8. The molecular weight excluding hydrogens is 712 g/mol. The summed E-state index contributed by atoms with van der Waals surface area (Å²) in [6.07, 6.45) is -8.22. The summed E-state index contributed by atoms with van der Waals surface area (Å²) in [5, 5.41) is 13.2. The molecule has 3 aliphatic heterocycles. The van der Waals surface area contributed by atoms with Gasteiger partial charge in [0, 0.05) is 75.0 Å². The van der Waals surface area contributed by atoms with Crippen molar-refractivity contribution in [3.8, 4) is 0 Å². The molecule has 0 amide bonds. The van der Waals surface area contributed by atoms with Gasteiger partial charge in [-0.25, -0.2) is 4.79 Å². The first-order chi connectivity index (χ1) is 25.0. The van der Waals surface area contributed by atoms with Crippen LogP contribution in [0.5, 0.6) is 0 Å². The second-order valence-corrected chi connectivity index (χ2v) is 17.7. The van der Waals surface area contributed by atoms with Gasteiger partial charge in [0.2, 0.25) is 5.60 Å². The number of hydrogen-bond donors (Lipinski definition) is 1. The molecule has 3 heterocycles. The van der Waals surface area contributed by atoms with Gasteiger partial charge in [0.15, 0.2) is 11.9 Å². The molecule has 0 aromatic heterocycles. The number of carbonyl (C=O) groups is 7. The number of hydrogen-bond acceptors (Lipinski definition) is 16. The standard InChI is InChI=1S/C38H48O16/c1-12-21-24(36(9)37(10,52-17(6)43)33(46)54-38(36)30(12)53-38)26(45)22-20-23(29(48-14(3)40)32(35(21,22)8)50-16(5)42)34(7)18(25(44)28(20)47-13(2)39)11-19-27(51-19)31(34)49-15(4)41/h12,18-24,26-32,45H,11H2,1-10H3/t12-,18+,19-,20-,21-,22+,23+,24-,26+,27-,28+,29-,30-,31-,32-,34-,35+,36-,37+,38+/m0/s1. The zero-order valence-electron chi connectivity index (χ0n) is 31.9. The fourth-order valence-electron chi connectivity index (χ4n) is 13.6. The van der Waals surface area contributed by atoms with Crippen molar-refractivity contribution in [2.24, 2.45) is 57.7 Å². The van der Waals surface area contributed by atoms with Crippen molar-refractivity contribution in [2.45, 2.75) is 136 Å². The molecule has 8 aliphatic rings. The first-order valence-electron chi connectivity index (χ1n) is 18.7. The Labute approximate surface area is 311 Å². The van der Waals surface area contributed by atoms with Crippen LogP contribution in [0, 0.1) is 57.7 Å². The number of Topliss-reactive ketones (excluding diaryl/α,β-unsaturated/α-hetero) is 1. The van der Waals surface area contributed by atoms with Crippen molar-refractivity contribution in [1.29, 1.82) is 0 Å². The second-order valence-electron chi connectivity index (χ2n) is 17.7. The molecule has 1 N–H and O–H groups in total. The van der Waals surface area contributed by atoms with E-state index in [2.05, 4.69) is 0 Å². The van der Waals surface area contributed by atoms with Crippen molar-refractivity contribution in [3.63, 3.8) is 0 Å². The third-order valence-electron chi connectivity index (χ3n) is 15.3. The molecule has 0 bridgehead atoms. The maximum absolute atomic E-state index is 15.0. The Balaban J connectivity index is 1.41. The highest BCUT2D eigenvalue weighted by Crippen LogP contribution is 2.81. The van der Waals surface area contributed by atoms with Crippen LogP contribution in [0.1, 0.15) is 75.7 Å². The van der Waals surface area contributed by atoms with Gasteiger partial charge in [-0.3, -0.25) is 28.8 Å². The molecule has 296 valence electrons. The van der Waals surface area contributed by atoms with Crippen molar-refractivity contribution in [3.05, 3.63) is 0 Å². The van der Waals surface area contributed by atoms with E-state index in [9.17, 15) is 38.7 Å². The average molecular weight is 761 g/mol. The molecule has 0 aromatic rings. The highest BCUT2D eigenvalue weighted by molar-refractivity contribution is 5.90. The quantitative estimate of drug-likeness (QED) is 0.236. The monoisotopic (exact) mass is 760 g/mol. The number of esters is 6. The summed E-state index contributed by atoms with van der Waals surface area (Å²) in [5.74, 6) is -13.0. The Morgan fingerprint density at radius 1 is 0.741 bits per heavy atom. The van der Waals surface area contributed by atoms with E-state index in [0.29, 0.717) is 0 Å². The van der Waals surface area contributed by atoms with Gasteiger partial charge in [-0.15, -0.1) is 0 Å². The molecule has 1 spiro atoms. The van der Waals surface area contributed by atoms with E-state index in [1.807, 2.05) is 6.92 Å². The topological polar surface area (TPSA) is 220 Å². The SMILES string of the molecule is CC(=O)O[C@H]1[C@H]2[C@H]([C@@H]3[C@@H](O)[C@@H]4[C@H]([C@H](C)[C@@H]5O[C@@]56OC(=O)[C@@](C)(OC(C)=O)[C@]46C)[C@@]3(C)[C@H]1OC(C)=O)[C@@H](OC(C)=O)C(=O)[C@H]1C[C@@H]3O[C@@H]3[C@H](OC(C)=O)[C@]21C. The number of ketones is 1. The number of epoxide rings is 2. The smallest absolute Gasteiger partial charge is 0.353 e. The van der Waals surface area contributed by atoms with Crippen LogP contribution in [0.3, 0.4) is 0 Å². The van der Waals surface area contributed by atoms with Crippen LogP contribution < -0.4 is 0 Å². The minimum atomic E-state index is -1.97. The third-order valence-corrected chi connectivity index (χ3v) is 15.3. The summed E-state index contributed by atoms with van der Waals surface area (Å²) >= 11 is 0. The van der Waals surface area contributed by atoms with E-state index in [4.69, 9.17) is 37.9 Å². The Morgan fingerprint density at radius 2 is 1.33 bits per heavy atom. The Hall–Kier alpha value is -3.63. The first kappa shape index (κ1) is 37.3. The normalized spacial score (nSPS) is 54.0. The molecule has 0 unspecified atom stereocenters. The molecule has 54 heavy (non-hydrogen) atoms. The molecule has 5 saturated carbocycles. The van der Waals surface area contributed by atoms with Gasteiger partial charge in [0.1, 0.15) is 30.5 Å². The number of carbonyl (C=O) groups excluding carboxylic acids is 7. The average Bonchev–Trinajstić information content (AvgIpc) is 3.95. The summed E-state index contributed by atoms with van der Waals surface area (Å²) in [6.45, 7) is 14.5. The van der Waals surface area contributed by atoms with Gasteiger partial charge in [0.05, 0.1) is 17.6 Å². The van der Waals surface area contributed by atoms with Gasteiger partial charge in [-0.1, -0.05) is 20.8 Å². The Morgan fingerprint density at radius 3 is 1.91 bits per heavy atom. The maximum atomic E-state index is 15.0. The first-order valence-corrected chi connectivity index (χ1v) is 18.7. The Bertz CT molecular complexity index is 1780. The van der Waals surface area contributed by atoms with Crippen LogP contribution in [-0.2, 0) is 71.5 Å². The number of rotatable bonds is 5. The van der Waals surface area contributed by atoms with Crippen LogP contribution in [0.4, 0.5) is 0 Å². The highest BCUT2D eigenvalue weighted by Gasteiger charge is 2.94. The second kappa shape index (κ2) is 11.2. The molecule has 20 atom stereocenters. The lowest BCUT2D eigenvalue weighted by molar-refractivity contribution is -0.274. The van der Waals surface area contributed by atoms with Crippen molar-refractivity contribution in [2.75, 3.05) is 0 Å². The molecule has 16 nitrogen and oxygen atoms in total. The van der Waals surface area contributed by atoms with Gasteiger partial charge in [0.25, 0.3) is 5.79 Å². The predicted molar refractivity (Wildman–Crippen MR) is 175 cm³/mol. The van der Waals surface area contributed by atoms with Crippen LogP contribution in [0.15, 0.2) is 0 Å². The minimum Gasteiger partial charge on any atom is -0.459 e. The lowest BCUT2D eigenvalue weighted by Gasteiger charge is -2.65. The molecule has 0 radical (unpaired) electrons. The number of aliphatic hydroxyl groups is 1. The fraction of sp³-hybridized carbons (Fsp3) is 0.816. The number of ether oxygens (including phenoxy) is 8. The fourth-order valence-corrected chi connectivity index (χ4v) is 13.6. The lowest BCUT2D eigenvalue weighted by atomic mass is 9.41. The predicted octanol–water partition coefficient (Wildman–Crippen LogP) is 1.19. The van der Waals surface area contributed by atoms with Crippen LogP contribution in [-0.4, -0.2) is 107 Å². The van der Waals surface area contributed by atoms with E-state index in [1.165, 1.54) is 34.6 Å². The zero-order chi connectivity index (χ0) is 39.6. The van der Waals surface area contributed by atoms with Crippen LogP contribution in [0.2, 0.25) is 0 Å². The van der Waals surface area contributed by atoms with Gasteiger partial charge >= 0.3 is 35.8 Å². The molecule has 0 aromatic carbocycles. The van der Waals surface area contributed by atoms with E-state index in [0.717, 1.165) is 6.92 Å². The van der Waals surface area contributed by atoms with Crippen LogP contribution >= 0.6 is 0 Å². The summed E-state index contributed by atoms with van der Waals surface area (Å²) in [5.41, 5.74) is -6.29. The number of aliphatic hydroxyl groups excluding tert-OH is 1. The summed E-state index contributed by atoms with van der Waals surface area (Å²) < 4.78 is 48.6. The van der Waals surface area contributed by atoms with Gasteiger partial charge < -0.3 is 43.0 Å². The van der Waals surface area contributed by atoms with Gasteiger partial charge in [-0.05, 0) is 32.1 Å². The number of fused-ring (bicyclic) bond motifs is 9. The molecule has 8 fully saturated rings. The molecule has 8 rings (SSSR count). The zero-order valence-corrected chi connectivity index (χ0v) is 31.9. The van der Waals surface area contributed by atoms with Crippen molar-refractivity contribution < 1.29 is 76.6 Å². The Kier molecular flexibility index (Phi) is 7.76. The van der Waals surface area contributed by atoms with E-state index >= 15 is 0 Å². The molecule has 16 heteroatoms. The molecular formula is C38H48O16. The molecule has 3 saturated heterocycles. The van der Waals surface area contributed by atoms with Crippen LogP contribution in [0.25, 0.3) is 0 Å². The van der Waals surface area contributed by atoms with E-state index < -0.39 is 159 Å². The summed E-state index contributed by atoms with van der Waals surface area (Å²) in [4.78, 5) is 93.7. The van der Waals surface area contributed by atoms with Gasteiger partial charge in [-0.2, -0.15) is 0 Å². The molecule has 5 aliphatic carbocycles. The summed E-state index contributed by atoms with van der Waals surface area (Å²) in [6, 6.07) is 0. The van der Waals surface area contributed by atoms with E-state index in [1.54, 1.807) is 20.8 Å². The summed E-state index contributed by atoms with van der Waals surface area (Å²) in [7, 11) is 0. The lowest BCUT2D eigenvalue weighted by Crippen LogP contribution is -2.75. The third kappa shape index (κ3) is 4.27. The largest absolute Gasteiger partial charge is 0.459 e. The minimum absolute atomic E-state index is 0.191. The van der Waals surface area contributed by atoms with Crippen molar-refractivity contribution >= 4 is 41.6 Å².